The number of ketones is 1. The highest BCUT2D eigenvalue weighted by atomic mass is 35.5. The number of carbonyl (C=O) groups excluding carboxylic acids is 2. The van der Waals surface area contributed by atoms with E-state index in [2.05, 4.69) is 5.32 Å². The minimum absolute atomic E-state index is 0.0425. The van der Waals surface area contributed by atoms with Crippen molar-refractivity contribution in [2.24, 2.45) is 11.8 Å². The van der Waals surface area contributed by atoms with E-state index < -0.39 is 0 Å². The Balaban J connectivity index is 1.42. The Morgan fingerprint density at radius 2 is 1.71 bits per heavy atom. The molecule has 4 nitrogen and oxygen atoms in total. The van der Waals surface area contributed by atoms with Crippen molar-refractivity contribution in [3.8, 4) is 0 Å². The number of thioether (sulfide) groups is 1. The molecule has 2 heterocycles. The van der Waals surface area contributed by atoms with Crippen molar-refractivity contribution in [1.29, 1.82) is 0 Å². The van der Waals surface area contributed by atoms with Gasteiger partial charge in [-0.15, -0.1) is 11.8 Å². The van der Waals surface area contributed by atoms with E-state index >= 15 is 0 Å². The lowest BCUT2D eigenvalue weighted by Crippen LogP contribution is -2.34. The van der Waals surface area contributed by atoms with E-state index in [0.717, 1.165) is 50.9 Å². The Morgan fingerprint density at radius 1 is 1.08 bits per heavy atom. The lowest BCUT2D eigenvalue weighted by atomic mass is 9.92. The highest BCUT2D eigenvalue weighted by molar-refractivity contribution is 8.00. The number of rotatable bonds is 5. The lowest BCUT2D eigenvalue weighted by molar-refractivity contribution is -0.128. The van der Waals surface area contributed by atoms with Crippen molar-refractivity contribution < 1.29 is 9.59 Å². The van der Waals surface area contributed by atoms with Crippen LogP contribution in [-0.4, -0.2) is 54.3 Å². The first-order chi connectivity index (χ1) is 11.6. The molecule has 0 aliphatic carbocycles. The predicted molar refractivity (Wildman–Crippen MR) is 98.8 cm³/mol. The summed E-state index contributed by atoms with van der Waals surface area (Å²) >= 11 is 7.23. The molecular formula is C18H23ClN2O2S. The second-order valence-electron chi connectivity index (χ2n) is 6.56. The molecule has 2 atom stereocenters. The smallest absolute Gasteiger partial charge is 0.232 e. The summed E-state index contributed by atoms with van der Waals surface area (Å²) in [6.45, 7) is 3.90. The molecule has 0 radical (unpaired) electrons. The monoisotopic (exact) mass is 366 g/mol. The molecular weight excluding hydrogens is 344 g/mol. The fourth-order valence-corrected chi connectivity index (χ4v) is 4.45. The highest BCUT2D eigenvalue weighted by Gasteiger charge is 2.31. The predicted octanol–water partition coefficient (Wildman–Crippen LogP) is 2.71. The van der Waals surface area contributed by atoms with Gasteiger partial charge in [0.2, 0.25) is 5.91 Å². The highest BCUT2D eigenvalue weighted by Crippen LogP contribution is 2.27. The summed E-state index contributed by atoms with van der Waals surface area (Å²) in [6.07, 6.45) is 2.19. The zero-order chi connectivity index (χ0) is 16.9. The summed E-state index contributed by atoms with van der Waals surface area (Å²) in [5.41, 5.74) is 0.648. The molecule has 2 fully saturated rings. The van der Waals surface area contributed by atoms with Gasteiger partial charge >= 0.3 is 0 Å². The Kier molecular flexibility index (Phi) is 6.19. The molecule has 0 spiro atoms. The Labute approximate surface area is 152 Å². The van der Waals surface area contributed by atoms with Gasteiger partial charge in [-0.25, -0.2) is 0 Å². The molecule has 24 heavy (non-hydrogen) atoms. The van der Waals surface area contributed by atoms with Crippen molar-refractivity contribution in [1.82, 2.24) is 10.2 Å². The summed E-state index contributed by atoms with van der Waals surface area (Å²) in [7, 11) is 0. The Hall–Kier alpha value is -1.04. The molecule has 0 unspecified atom stereocenters. The zero-order valence-electron chi connectivity index (χ0n) is 13.7. The lowest BCUT2D eigenvalue weighted by Gasteiger charge is -2.20. The molecule has 1 aromatic carbocycles. The molecule has 2 aliphatic heterocycles. The first kappa shape index (κ1) is 17.8. The number of likely N-dealkylation sites (tertiary alicyclic amines) is 1. The summed E-state index contributed by atoms with van der Waals surface area (Å²) in [5, 5.41) is 4.07. The Morgan fingerprint density at radius 3 is 2.33 bits per heavy atom. The molecule has 0 saturated carbocycles. The van der Waals surface area contributed by atoms with Crippen molar-refractivity contribution in [2.45, 2.75) is 12.8 Å². The van der Waals surface area contributed by atoms with Gasteiger partial charge in [0.1, 0.15) is 0 Å². The van der Waals surface area contributed by atoms with E-state index in [1.165, 1.54) is 11.8 Å². The van der Waals surface area contributed by atoms with E-state index in [9.17, 15) is 9.59 Å². The van der Waals surface area contributed by atoms with Crippen LogP contribution in [0.4, 0.5) is 0 Å². The van der Waals surface area contributed by atoms with Crippen LogP contribution in [0.15, 0.2) is 24.3 Å². The molecule has 130 valence electrons. The van der Waals surface area contributed by atoms with Gasteiger partial charge in [-0.1, -0.05) is 11.6 Å². The van der Waals surface area contributed by atoms with Crippen molar-refractivity contribution in [2.75, 3.05) is 37.7 Å². The minimum Gasteiger partial charge on any atom is -0.342 e. The van der Waals surface area contributed by atoms with E-state index in [0.29, 0.717) is 22.1 Å². The van der Waals surface area contributed by atoms with Gasteiger partial charge < -0.3 is 10.2 Å². The van der Waals surface area contributed by atoms with Crippen LogP contribution in [-0.2, 0) is 4.79 Å². The van der Waals surface area contributed by atoms with Crippen molar-refractivity contribution in [3.63, 3.8) is 0 Å². The van der Waals surface area contributed by atoms with E-state index in [-0.39, 0.29) is 11.7 Å². The van der Waals surface area contributed by atoms with E-state index in [1.807, 2.05) is 4.90 Å². The number of nitrogens with one attached hydrogen (secondary N) is 1. The largest absolute Gasteiger partial charge is 0.342 e. The number of hydrogen-bond donors (Lipinski definition) is 1. The minimum atomic E-state index is 0.0425. The quantitative estimate of drug-likeness (QED) is 0.814. The number of halogens is 1. The molecule has 6 heteroatoms. The van der Waals surface area contributed by atoms with Gasteiger partial charge in [0, 0.05) is 23.7 Å². The zero-order valence-corrected chi connectivity index (χ0v) is 15.2. The third-order valence-corrected chi connectivity index (χ3v) is 6.17. The number of fused-ring (bicyclic) bond motifs is 1. The fourth-order valence-electron chi connectivity index (χ4n) is 3.51. The van der Waals surface area contributed by atoms with Gasteiger partial charge in [-0.05, 0) is 62.0 Å². The number of nitrogens with zero attached hydrogens (tertiary/aromatic N) is 1. The van der Waals surface area contributed by atoms with Gasteiger partial charge in [0.05, 0.1) is 11.5 Å². The standard InChI is InChI=1S/C18H23ClN2O2S/c19-16-3-1-13(2-4-16)17(22)11-24-12-18(23)21-7-5-14-9-20-10-15(14)6-8-21/h1-4,14-15,20H,5-12H2/t14-,15+. The van der Waals surface area contributed by atoms with Crippen LogP contribution in [0.25, 0.3) is 0 Å². The van der Waals surface area contributed by atoms with Crippen LogP contribution in [0.3, 0.4) is 0 Å². The van der Waals surface area contributed by atoms with E-state index in [4.69, 9.17) is 11.6 Å². The van der Waals surface area contributed by atoms with Crippen LogP contribution in [0.5, 0.6) is 0 Å². The van der Waals surface area contributed by atoms with Crippen LogP contribution < -0.4 is 5.32 Å². The molecule has 2 saturated heterocycles. The summed E-state index contributed by atoms with van der Waals surface area (Å²) in [4.78, 5) is 26.5. The van der Waals surface area contributed by atoms with Crippen molar-refractivity contribution in [3.05, 3.63) is 34.9 Å². The van der Waals surface area contributed by atoms with Gasteiger partial charge in [-0.3, -0.25) is 9.59 Å². The molecule has 1 aromatic rings. The molecule has 1 N–H and O–H groups in total. The summed E-state index contributed by atoms with van der Waals surface area (Å²) in [6, 6.07) is 6.89. The Bertz CT molecular complexity index is 579. The molecule has 3 rings (SSSR count). The number of amides is 1. The summed E-state index contributed by atoms with van der Waals surface area (Å²) in [5.74, 6) is 2.37. The summed E-state index contributed by atoms with van der Waals surface area (Å²) < 4.78 is 0. The molecule has 0 aromatic heterocycles. The second-order valence-corrected chi connectivity index (χ2v) is 7.98. The number of Topliss-reactive ketones (excluding diaryl/α,β-unsaturated/α-hetero) is 1. The van der Waals surface area contributed by atoms with Gasteiger partial charge in [0.25, 0.3) is 0 Å². The first-order valence-corrected chi connectivity index (χ1v) is 10.0. The number of carbonyl (C=O) groups is 2. The maximum Gasteiger partial charge on any atom is 0.232 e. The van der Waals surface area contributed by atoms with Crippen molar-refractivity contribution >= 4 is 35.1 Å². The van der Waals surface area contributed by atoms with Gasteiger partial charge in [0.15, 0.2) is 5.78 Å². The normalized spacial score (nSPS) is 23.6. The molecule has 1 amide bonds. The molecule has 2 aliphatic rings. The average Bonchev–Trinajstić information content (AvgIpc) is 2.93. The van der Waals surface area contributed by atoms with Crippen LogP contribution in [0.1, 0.15) is 23.2 Å². The molecule has 0 bridgehead atoms. The maximum atomic E-state index is 12.4. The first-order valence-electron chi connectivity index (χ1n) is 8.48. The second kappa shape index (κ2) is 8.37. The average molecular weight is 367 g/mol. The van der Waals surface area contributed by atoms with Gasteiger partial charge in [-0.2, -0.15) is 0 Å². The maximum absolute atomic E-state index is 12.4. The number of benzene rings is 1. The fraction of sp³-hybridized carbons (Fsp3) is 0.556. The third kappa shape index (κ3) is 4.52. The van der Waals surface area contributed by atoms with Crippen LogP contribution >= 0.6 is 23.4 Å². The topological polar surface area (TPSA) is 49.4 Å². The van der Waals surface area contributed by atoms with Crippen LogP contribution in [0.2, 0.25) is 5.02 Å². The van der Waals surface area contributed by atoms with Crippen LogP contribution in [0, 0.1) is 11.8 Å². The number of hydrogen-bond acceptors (Lipinski definition) is 4. The SMILES string of the molecule is O=C(CSCC(=O)N1CC[C@@H]2CNC[C@@H]2CC1)c1ccc(Cl)cc1. The van der Waals surface area contributed by atoms with E-state index in [1.54, 1.807) is 24.3 Å². The third-order valence-electron chi connectivity index (χ3n) is 5.00.